The van der Waals surface area contributed by atoms with Crippen LogP contribution in [-0.4, -0.2) is 17.6 Å². The number of aliphatic hydroxyl groups is 1. The number of rotatable bonds is 2. The number of amides is 1. The number of nitrogens with one attached hydrogen (secondary N) is 1. The van der Waals surface area contributed by atoms with Gasteiger partial charge in [0.1, 0.15) is 18.2 Å². The lowest BCUT2D eigenvalue weighted by Crippen LogP contribution is -2.14. The molecular formula is C16H11F2NO2. The van der Waals surface area contributed by atoms with Gasteiger partial charge >= 0.3 is 0 Å². The van der Waals surface area contributed by atoms with Crippen LogP contribution in [0.25, 0.3) is 0 Å². The molecule has 106 valence electrons. The molecule has 1 amide bonds. The standard InChI is InChI=1S/C16H11F2NO2/c17-13-6-2-1-5-12(13)16(21)19-15-8-7-11(4-3-9-20)10-14(15)18/h1-2,5-8,10,20H,9H2,(H,19,21). The van der Waals surface area contributed by atoms with Crippen LogP contribution < -0.4 is 5.32 Å². The van der Waals surface area contributed by atoms with Crippen molar-refractivity contribution >= 4 is 11.6 Å². The van der Waals surface area contributed by atoms with E-state index in [1.165, 1.54) is 30.3 Å². The number of aliphatic hydroxyl groups excluding tert-OH is 1. The van der Waals surface area contributed by atoms with Gasteiger partial charge < -0.3 is 10.4 Å². The number of hydrogen-bond donors (Lipinski definition) is 2. The predicted octanol–water partition coefficient (Wildman–Crippen LogP) is 2.56. The topological polar surface area (TPSA) is 49.3 Å². The van der Waals surface area contributed by atoms with E-state index in [9.17, 15) is 13.6 Å². The van der Waals surface area contributed by atoms with E-state index in [2.05, 4.69) is 17.2 Å². The van der Waals surface area contributed by atoms with Gasteiger partial charge in [-0.05, 0) is 30.3 Å². The van der Waals surface area contributed by atoms with Gasteiger partial charge in [-0.1, -0.05) is 24.0 Å². The summed E-state index contributed by atoms with van der Waals surface area (Å²) in [5.41, 5.74) is 0.129. The zero-order valence-corrected chi connectivity index (χ0v) is 10.9. The first-order chi connectivity index (χ1) is 10.1. The summed E-state index contributed by atoms with van der Waals surface area (Å²) in [5, 5.41) is 10.9. The van der Waals surface area contributed by atoms with Crippen molar-refractivity contribution in [2.45, 2.75) is 0 Å². The minimum Gasteiger partial charge on any atom is -0.384 e. The molecule has 5 heteroatoms. The van der Waals surface area contributed by atoms with Gasteiger partial charge in [-0.25, -0.2) is 8.78 Å². The van der Waals surface area contributed by atoms with Crippen molar-refractivity contribution in [3.05, 3.63) is 65.2 Å². The summed E-state index contributed by atoms with van der Waals surface area (Å²) in [7, 11) is 0. The summed E-state index contributed by atoms with van der Waals surface area (Å²) in [6.45, 7) is -0.326. The summed E-state index contributed by atoms with van der Waals surface area (Å²) in [6.07, 6.45) is 0. The number of halogens is 2. The van der Waals surface area contributed by atoms with Gasteiger partial charge in [0.2, 0.25) is 0 Å². The van der Waals surface area contributed by atoms with Crippen LogP contribution in [0.15, 0.2) is 42.5 Å². The molecule has 0 aliphatic heterocycles. The Hall–Kier alpha value is -2.71. The van der Waals surface area contributed by atoms with Gasteiger partial charge in [0.25, 0.3) is 5.91 Å². The lowest BCUT2D eigenvalue weighted by molar-refractivity contribution is 0.102. The average Bonchev–Trinajstić information content (AvgIpc) is 2.48. The molecule has 3 nitrogen and oxygen atoms in total. The Morgan fingerprint density at radius 3 is 2.57 bits per heavy atom. The Morgan fingerprint density at radius 1 is 1.14 bits per heavy atom. The molecule has 0 aromatic heterocycles. The van der Waals surface area contributed by atoms with E-state index in [0.717, 1.165) is 12.1 Å². The third-order valence-corrected chi connectivity index (χ3v) is 2.65. The highest BCUT2D eigenvalue weighted by atomic mass is 19.1. The molecule has 0 radical (unpaired) electrons. The lowest BCUT2D eigenvalue weighted by atomic mass is 10.1. The number of carbonyl (C=O) groups is 1. The Morgan fingerprint density at radius 2 is 1.90 bits per heavy atom. The summed E-state index contributed by atoms with van der Waals surface area (Å²) in [6, 6.07) is 9.38. The summed E-state index contributed by atoms with van der Waals surface area (Å²) >= 11 is 0. The molecule has 0 fully saturated rings. The first-order valence-electron chi connectivity index (χ1n) is 6.07. The van der Waals surface area contributed by atoms with E-state index in [1.54, 1.807) is 0 Å². The molecule has 0 saturated heterocycles. The van der Waals surface area contributed by atoms with E-state index in [1.807, 2.05) is 0 Å². The van der Waals surface area contributed by atoms with Gasteiger partial charge in [-0.2, -0.15) is 0 Å². The highest BCUT2D eigenvalue weighted by Crippen LogP contribution is 2.17. The van der Waals surface area contributed by atoms with Crippen molar-refractivity contribution in [3.8, 4) is 11.8 Å². The summed E-state index contributed by atoms with van der Waals surface area (Å²) in [4.78, 5) is 11.9. The minimum absolute atomic E-state index is 0.0715. The molecule has 0 saturated carbocycles. The van der Waals surface area contributed by atoms with E-state index < -0.39 is 17.5 Å². The van der Waals surface area contributed by atoms with Crippen molar-refractivity contribution in [3.63, 3.8) is 0 Å². The van der Waals surface area contributed by atoms with Crippen molar-refractivity contribution in [1.29, 1.82) is 0 Å². The van der Waals surface area contributed by atoms with Gasteiger partial charge in [-0.3, -0.25) is 4.79 Å². The SMILES string of the molecule is O=C(Nc1ccc(C#CCO)cc1F)c1ccccc1F. The smallest absolute Gasteiger partial charge is 0.258 e. The van der Waals surface area contributed by atoms with E-state index >= 15 is 0 Å². The summed E-state index contributed by atoms with van der Waals surface area (Å²) < 4.78 is 27.3. The predicted molar refractivity (Wildman–Crippen MR) is 74.7 cm³/mol. The van der Waals surface area contributed by atoms with Gasteiger partial charge in [-0.15, -0.1) is 0 Å². The van der Waals surface area contributed by atoms with Gasteiger partial charge in [0, 0.05) is 5.56 Å². The molecule has 0 aliphatic rings. The molecule has 0 unspecified atom stereocenters. The molecule has 21 heavy (non-hydrogen) atoms. The molecule has 2 rings (SSSR count). The maximum Gasteiger partial charge on any atom is 0.258 e. The van der Waals surface area contributed by atoms with Crippen LogP contribution in [-0.2, 0) is 0 Å². The second-order valence-corrected chi connectivity index (χ2v) is 4.09. The van der Waals surface area contributed by atoms with Crippen LogP contribution in [0.2, 0.25) is 0 Å². The van der Waals surface area contributed by atoms with Crippen LogP contribution in [0, 0.1) is 23.5 Å². The van der Waals surface area contributed by atoms with Gasteiger partial charge in [0.15, 0.2) is 0 Å². The molecule has 0 spiro atoms. The molecule has 0 atom stereocenters. The van der Waals surface area contributed by atoms with E-state index in [0.29, 0.717) is 5.56 Å². The molecule has 2 aromatic carbocycles. The van der Waals surface area contributed by atoms with Crippen molar-refractivity contribution in [1.82, 2.24) is 0 Å². The Balaban J connectivity index is 2.20. The molecule has 2 N–H and O–H groups in total. The second-order valence-electron chi connectivity index (χ2n) is 4.09. The van der Waals surface area contributed by atoms with E-state index in [-0.39, 0.29) is 17.9 Å². The minimum atomic E-state index is -0.735. The third-order valence-electron chi connectivity index (χ3n) is 2.65. The van der Waals surface area contributed by atoms with Gasteiger partial charge in [0.05, 0.1) is 11.3 Å². The Labute approximate surface area is 120 Å². The summed E-state index contributed by atoms with van der Waals surface area (Å²) in [5.74, 6) is 2.83. The molecular weight excluding hydrogens is 276 g/mol. The fraction of sp³-hybridized carbons (Fsp3) is 0.0625. The number of anilines is 1. The maximum absolute atomic E-state index is 13.8. The normalized spacial score (nSPS) is 9.67. The lowest BCUT2D eigenvalue weighted by Gasteiger charge is -2.07. The maximum atomic E-state index is 13.8. The van der Waals surface area contributed by atoms with Crippen molar-refractivity contribution in [2.24, 2.45) is 0 Å². The third kappa shape index (κ3) is 3.65. The molecule has 0 heterocycles. The molecule has 0 aliphatic carbocycles. The average molecular weight is 287 g/mol. The largest absolute Gasteiger partial charge is 0.384 e. The zero-order valence-electron chi connectivity index (χ0n) is 10.9. The van der Waals surface area contributed by atoms with Crippen LogP contribution >= 0.6 is 0 Å². The quantitative estimate of drug-likeness (QED) is 0.834. The first-order valence-corrected chi connectivity index (χ1v) is 6.07. The van der Waals surface area contributed by atoms with Crippen LogP contribution in [0.5, 0.6) is 0 Å². The van der Waals surface area contributed by atoms with Crippen LogP contribution in [0.3, 0.4) is 0 Å². The van der Waals surface area contributed by atoms with E-state index in [4.69, 9.17) is 5.11 Å². The highest BCUT2D eigenvalue weighted by molar-refractivity contribution is 6.04. The van der Waals surface area contributed by atoms with Crippen molar-refractivity contribution < 1.29 is 18.7 Å². The molecule has 2 aromatic rings. The fourth-order valence-corrected chi connectivity index (χ4v) is 1.67. The monoisotopic (exact) mass is 287 g/mol. The Bertz CT molecular complexity index is 733. The number of hydrogen-bond acceptors (Lipinski definition) is 2. The van der Waals surface area contributed by atoms with Crippen LogP contribution in [0.4, 0.5) is 14.5 Å². The first kappa shape index (κ1) is 14.7. The number of carbonyl (C=O) groups excluding carboxylic acids is 1. The number of benzene rings is 2. The van der Waals surface area contributed by atoms with Crippen LogP contribution in [0.1, 0.15) is 15.9 Å². The Kier molecular flexibility index (Phi) is 4.64. The molecule has 0 bridgehead atoms. The fourth-order valence-electron chi connectivity index (χ4n) is 1.67. The highest BCUT2D eigenvalue weighted by Gasteiger charge is 2.13. The zero-order chi connectivity index (χ0) is 15.2. The van der Waals surface area contributed by atoms with Crippen molar-refractivity contribution in [2.75, 3.05) is 11.9 Å². The second kappa shape index (κ2) is 6.64.